The van der Waals surface area contributed by atoms with Gasteiger partial charge in [0.25, 0.3) is 0 Å². The van der Waals surface area contributed by atoms with E-state index in [4.69, 9.17) is 10.5 Å². The summed E-state index contributed by atoms with van der Waals surface area (Å²) in [6.45, 7) is 1.46. The Kier molecular flexibility index (Phi) is 3.51. The smallest absolute Gasteiger partial charge is 0.119 e. The van der Waals surface area contributed by atoms with E-state index in [1.165, 1.54) is 24.0 Å². The minimum atomic E-state index is 0.591. The molecule has 19 heavy (non-hydrogen) atoms. The molecule has 0 aliphatic heterocycles. The van der Waals surface area contributed by atoms with Crippen LogP contribution >= 0.6 is 0 Å². The quantitative estimate of drug-likeness (QED) is 0.883. The zero-order valence-corrected chi connectivity index (χ0v) is 11.0. The third-order valence-electron chi connectivity index (χ3n) is 3.56. The van der Waals surface area contributed by atoms with Crippen LogP contribution in [0, 0.1) is 5.92 Å². The first-order valence-corrected chi connectivity index (χ1v) is 6.87. The van der Waals surface area contributed by atoms with Gasteiger partial charge in [0.05, 0.1) is 6.61 Å². The molecule has 1 saturated carbocycles. The highest BCUT2D eigenvalue weighted by molar-refractivity contribution is 5.64. The first kappa shape index (κ1) is 12.2. The first-order chi connectivity index (χ1) is 9.35. The highest BCUT2D eigenvalue weighted by Gasteiger charge is 2.21. The van der Waals surface area contributed by atoms with Crippen LogP contribution in [0.2, 0.25) is 0 Å². The van der Waals surface area contributed by atoms with E-state index in [2.05, 4.69) is 48.5 Å². The second kappa shape index (κ2) is 5.45. The van der Waals surface area contributed by atoms with Crippen molar-refractivity contribution in [3.05, 3.63) is 54.1 Å². The maximum Gasteiger partial charge on any atom is 0.119 e. The molecule has 1 aliphatic rings. The van der Waals surface area contributed by atoms with Gasteiger partial charge in [-0.3, -0.25) is 0 Å². The third kappa shape index (κ3) is 3.15. The van der Waals surface area contributed by atoms with E-state index in [1.54, 1.807) is 0 Å². The van der Waals surface area contributed by atoms with Gasteiger partial charge >= 0.3 is 0 Å². The van der Waals surface area contributed by atoms with Crippen molar-refractivity contribution in [1.29, 1.82) is 0 Å². The maximum atomic E-state index is 5.74. The van der Waals surface area contributed by atoms with E-state index >= 15 is 0 Å². The zero-order chi connectivity index (χ0) is 13.1. The van der Waals surface area contributed by atoms with Gasteiger partial charge in [-0.1, -0.05) is 36.4 Å². The average molecular weight is 253 g/mol. The number of hydrogen-bond donors (Lipinski definition) is 1. The van der Waals surface area contributed by atoms with Crippen LogP contribution in [0.1, 0.15) is 18.4 Å². The second-order valence-electron chi connectivity index (χ2n) is 5.18. The Balaban J connectivity index is 1.69. The number of hydrogen-bond acceptors (Lipinski definition) is 2. The lowest BCUT2D eigenvalue weighted by Gasteiger charge is -2.07. The topological polar surface area (TPSA) is 35.2 Å². The van der Waals surface area contributed by atoms with E-state index < -0.39 is 0 Å². The highest BCUT2D eigenvalue weighted by atomic mass is 16.5. The molecule has 98 valence electrons. The molecule has 3 rings (SSSR count). The number of nitrogens with two attached hydrogens (primary N) is 1. The van der Waals surface area contributed by atoms with Crippen molar-refractivity contribution in [2.75, 3.05) is 6.61 Å². The Labute approximate surface area is 114 Å². The van der Waals surface area contributed by atoms with Crippen molar-refractivity contribution in [2.24, 2.45) is 11.7 Å². The summed E-state index contributed by atoms with van der Waals surface area (Å²) in [6, 6.07) is 16.7. The van der Waals surface area contributed by atoms with Crippen molar-refractivity contribution < 1.29 is 4.74 Å². The first-order valence-electron chi connectivity index (χ1n) is 6.87. The summed E-state index contributed by atoms with van der Waals surface area (Å²) >= 11 is 0. The van der Waals surface area contributed by atoms with Crippen molar-refractivity contribution in [3.8, 4) is 16.9 Å². The van der Waals surface area contributed by atoms with Gasteiger partial charge in [0.15, 0.2) is 0 Å². The maximum absolute atomic E-state index is 5.74. The van der Waals surface area contributed by atoms with Crippen LogP contribution in [-0.4, -0.2) is 6.61 Å². The van der Waals surface area contributed by atoms with Crippen LogP contribution in [0.3, 0.4) is 0 Å². The molecule has 0 saturated heterocycles. The second-order valence-corrected chi connectivity index (χ2v) is 5.18. The van der Waals surface area contributed by atoms with E-state index in [-0.39, 0.29) is 0 Å². The van der Waals surface area contributed by atoms with E-state index in [0.29, 0.717) is 6.54 Å². The molecule has 0 unspecified atom stereocenters. The largest absolute Gasteiger partial charge is 0.493 e. The van der Waals surface area contributed by atoms with Crippen LogP contribution in [0.4, 0.5) is 0 Å². The van der Waals surface area contributed by atoms with Gasteiger partial charge in [0.1, 0.15) is 5.75 Å². The lowest BCUT2D eigenvalue weighted by Crippen LogP contribution is -1.98. The van der Waals surface area contributed by atoms with Gasteiger partial charge < -0.3 is 10.5 Å². The van der Waals surface area contributed by atoms with Gasteiger partial charge in [0, 0.05) is 6.54 Å². The van der Waals surface area contributed by atoms with E-state index in [1.807, 2.05) is 0 Å². The normalized spacial score (nSPS) is 14.4. The molecule has 0 bridgehead atoms. The Morgan fingerprint density at radius 3 is 2.00 bits per heavy atom. The Morgan fingerprint density at radius 1 is 0.895 bits per heavy atom. The number of benzene rings is 2. The molecule has 0 radical (unpaired) electrons. The van der Waals surface area contributed by atoms with Gasteiger partial charge in [-0.25, -0.2) is 0 Å². The monoisotopic (exact) mass is 253 g/mol. The predicted octanol–water partition coefficient (Wildman–Crippen LogP) is 3.60. The number of ether oxygens (including phenoxy) is 1. The highest BCUT2D eigenvalue weighted by Crippen LogP contribution is 2.30. The summed E-state index contributed by atoms with van der Waals surface area (Å²) in [7, 11) is 0. The molecular formula is C17H19NO. The van der Waals surface area contributed by atoms with Crippen molar-refractivity contribution in [2.45, 2.75) is 19.4 Å². The van der Waals surface area contributed by atoms with Crippen LogP contribution < -0.4 is 10.5 Å². The molecule has 0 heterocycles. The summed E-state index contributed by atoms with van der Waals surface area (Å²) in [4.78, 5) is 0. The summed E-state index contributed by atoms with van der Waals surface area (Å²) in [5, 5.41) is 0. The Bertz CT molecular complexity index is 526. The molecule has 2 N–H and O–H groups in total. The fraction of sp³-hybridized carbons (Fsp3) is 0.294. The molecule has 0 atom stereocenters. The van der Waals surface area contributed by atoms with Crippen molar-refractivity contribution in [3.63, 3.8) is 0 Å². The average Bonchev–Trinajstić information content (AvgIpc) is 3.30. The summed E-state index contributed by atoms with van der Waals surface area (Å²) in [5.41, 5.74) is 9.19. The minimum absolute atomic E-state index is 0.591. The summed E-state index contributed by atoms with van der Waals surface area (Å²) < 4.78 is 5.74. The van der Waals surface area contributed by atoms with Crippen LogP contribution in [0.15, 0.2) is 48.5 Å². The molecule has 0 spiro atoms. The SMILES string of the molecule is NCc1ccc(-c2ccc(OCC3CC3)cc2)cc1. The fourth-order valence-electron chi connectivity index (χ4n) is 2.08. The van der Waals surface area contributed by atoms with Crippen LogP contribution in [-0.2, 0) is 6.54 Å². The van der Waals surface area contributed by atoms with E-state index in [0.717, 1.165) is 23.8 Å². The predicted molar refractivity (Wildman–Crippen MR) is 78.0 cm³/mol. The molecule has 2 nitrogen and oxygen atoms in total. The third-order valence-corrected chi connectivity index (χ3v) is 3.56. The van der Waals surface area contributed by atoms with Gasteiger partial charge in [-0.05, 0) is 47.6 Å². The van der Waals surface area contributed by atoms with Crippen molar-refractivity contribution >= 4 is 0 Å². The van der Waals surface area contributed by atoms with Gasteiger partial charge in [-0.15, -0.1) is 0 Å². The lowest BCUT2D eigenvalue weighted by atomic mass is 10.0. The molecule has 2 aromatic carbocycles. The lowest BCUT2D eigenvalue weighted by molar-refractivity contribution is 0.300. The summed E-state index contributed by atoms with van der Waals surface area (Å²) in [5.74, 6) is 1.76. The minimum Gasteiger partial charge on any atom is -0.493 e. The van der Waals surface area contributed by atoms with Gasteiger partial charge in [-0.2, -0.15) is 0 Å². The molecule has 0 aromatic heterocycles. The molecule has 2 heteroatoms. The zero-order valence-electron chi connectivity index (χ0n) is 11.0. The Hall–Kier alpha value is -1.80. The van der Waals surface area contributed by atoms with Crippen LogP contribution in [0.5, 0.6) is 5.75 Å². The van der Waals surface area contributed by atoms with Gasteiger partial charge in [0.2, 0.25) is 0 Å². The molecule has 1 fully saturated rings. The molecule has 2 aromatic rings. The standard InChI is InChI=1S/C17H19NO/c18-11-13-3-5-15(6-4-13)16-7-9-17(10-8-16)19-12-14-1-2-14/h3-10,14H,1-2,11-12,18H2. The summed E-state index contributed by atoms with van der Waals surface area (Å²) in [6.07, 6.45) is 2.65. The number of rotatable bonds is 5. The molecule has 1 aliphatic carbocycles. The molecule has 0 amide bonds. The fourth-order valence-corrected chi connectivity index (χ4v) is 2.08. The van der Waals surface area contributed by atoms with E-state index in [9.17, 15) is 0 Å². The molecular weight excluding hydrogens is 234 g/mol. The Morgan fingerprint density at radius 2 is 1.47 bits per heavy atom. The van der Waals surface area contributed by atoms with Crippen molar-refractivity contribution in [1.82, 2.24) is 0 Å². The van der Waals surface area contributed by atoms with Crippen LogP contribution in [0.25, 0.3) is 11.1 Å².